The van der Waals surface area contributed by atoms with Crippen molar-refractivity contribution in [3.63, 3.8) is 0 Å². The van der Waals surface area contributed by atoms with Gasteiger partial charge in [-0.3, -0.25) is 4.79 Å². The first-order chi connectivity index (χ1) is 14.5. The summed E-state index contributed by atoms with van der Waals surface area (Å²) in [4.78, 5) is 24.8. The van der Waals surface area contributed by atoms with Gasteiger partial charge >= 0.3 is 5.97 Å². The highest BCUT2D eigenvalue weighted by atomic mass is 32.2. The molecule has 0 spiro atoms. The second kappa shape index (κ2) is 9.88. The second-order valence-corrected chi connectivity index (χ2v) is 8.54. The smallest absolute Gasteiger partial charge is 0.338 e. The number of carbonyl (C=O) groups is 2. The van der Waals surface area contributed by atoms with Crippen molar-refractivity contribution in [1.82, 2.24) is 9.78 Å². The van der Waals surface area contributed by atoms with Gasteiger partial charge in [0.15, 0.2) is 14.9 Å². The van der Waals surface area contributed by atoms with E-state index >= 15 is 0 Å². The number of ether oxygens (including phenoxy) is 3. The molecular weight excluding hydrogens is 444 g/mol. The van der Waals surface area contributed by atoms with Gasteiger partial charge < -0.3 is 14.2 Å². The summed E-state index contributed by atoms with van der Waals surface area (Å²) in [6.07, 6.45) is 1.93. The summed E-state index contributed by atoms with van der Waals surface area (Å²) in [5, 5.41) is 4.41. The molecule has 7 nitrogen and oxygen atoms in total. The minimum absolute atomic E-state index is 0.309. The summed E-state index contributed by atoms with van der Waals surface area (Å²) >= 11 is 8.25. The number of nitrogens with zero attached hydrogens (tertiary/aromatic N) is 2. The van der Waals surface area contributed by atoms with Gasteiger partial charge in [0.25, 0.3) is 0 Å². The molecule has 3 rings (SSSR count). The van der Waals surface area contributed by atoms with Crippen LogP contribution in [0, 0.1) is 3.95 Å². The van der Waals surface area contributed by atoms with Crippen LogP contribution in [0.25, 0.3) is 5.69 Å². The van der Waals surface area contributed by atoms with E-state index in [9.17, 15) is 9.59 Å². The number of aromatic nitrogens is 2. The zero-order chi connectivity index (χ0) is 21.7. The molecule has 3 aromatic rings. The molecular formula is C20H18N2O5S3. The molecule has 0 amide bonds. The Balaban J connectivity index is 1.67. The number of hydrogen-bond donors (Lipinski definition) is 0. The van der Waals surface area contributed by atoms with Gasteiger partial charge in [0.1, 0.15) is 11.5 Å². The average Bonchev–Trinajstić information content (AvgIpc) is 3.17. The van der Waals surface area contributed by atoms with Gasteiger partial charge in [-0.15, -0.1) is 5.10 Å². The molecule has 30 heavy (non-hydrogen) atoms. The van der Waals surface area contributed by atoms with Crippen LogP contribution in [-0.2, 0) is 4.74 Å². The number of esters is 1. The lowest BCUT2D eigenvalue weighted by atomic mass is 10.1. The summed E-state index contributed by atoms with van der Waals surface area (Å²) in [6.45, 7) is -0.405. The number of hydrogen-bond acceptors (Lipinski definition) is 9. The van der Waals surface area contributed by atoms with Crippen molar-refractivity contribution in [3.05, 3.63) is 57.5 Å². The van der Waals surface area contributed by atoms with Crippen LogP contribution in [0.1, 0.15) is 20.7 Å². The molecule has 10 heteroatoms. The predicted octanol–water partition coefficient (Wildman–Crippen LogP) is 4.44. The van der Waals surface area contributed by atoms with E-state index in [4.69, 9.17) is 26.4 Å². The lowest BCUT2D eigenvalue weighted by Gasteiger charge is -2.10. The third kappa shape index (κ3) is 4.89. The molecule has 1 aromatic heterocycles. The molecule has 0 aliphatic rings. The number of ketones is 1. The number of carbonyl (C=O) groups excluding carboxylic acids is 2. The number of benzene rings is 2. The van der Waals surface area contributed by atoms with Crippen molar-refractivity contribution in [2.75, 3.05) is 27.1 Å². The largest absolute Gasteiger partial charge is 0.497 e. The fraction of sp³-hybridized carbons (Fsp3) is 0.200. The lowest BCUT2D eigenvalue weighted by molar-refractivity contribution is 0.0474. The third-order valence-electron chi connectivity index (χ3n) is 4.09. The molecule has 0 radical (unpaired) electrons. The molecule has 0 atom stereocenters. The molecule has 0 unspecified atom stereocenters. The Morgan fingerprint density at radius 3 is 2.47 bits per heavy atom. The standard InChI is InChI=1S/C20H18N2O5S3/c1-25-14-8-9-15(17(10-14)26-2)16(23)11-27-18(24)12-4-6-13(7-5-12)22-20(28)30-19(21-22)29-3/h4-10H,11H2,1-3H3. The zero-order valence-electron chi connectivity index (χ0n) is 16.4. The van der Waals surface area contributed by atoms with E-state index in [0.29, 0.717) is 26.6 Å². The van der Waals surface area contributed by atoms with Crippen molar-refractivity contribution in [1.29, 1.82) is 0 Å². The van der Waals surface area contributed by atoms with Gasteiger partial charge in [-0.2, -0.15) is 0 Å². The van der Waals surface area contributed by atoms with Crippen LogP contribution in [0.4, 0.5) is 0 Å². The van der Waals surface area contributed by atoms with Crippen LogP contribution in [-0.4, -0.2) is 48.6 Å². The van der Waals surface area contributed by atoms with Crippen LogP contribution in [0.15, 0.2) is 46.8 Å². The van der Waals surface area contributed by atoms with Crippen molar-refractivity contribution >= 4 is 47.1 Å². The molecule has 156 valence electrons. The topological polar surface area (TPSA) is 79.7 Å². The Labute approximate surface area is 186 Å². The maximum atomic E-state index is 12.4. The Bertz CT molecular complexity index is 1120. The quantitative estimate of drug-likeness (QED) is 0.210. The van der Waals surface area contributed by atoms with Gasteiger partial charge in [0.2, 0.25) is 5.78 Å². The first-order valence-electron chi connectivity index (χ1n) is 8.63. The molecule has 0 fully saturated rings. The summed E-state index contributed by atoms with van der Waals surface area (Å²) in [5.74, 6) is -0.0679. The van der Waals surface area contributed by atoms with E-state index in [1.807, 2.05) is 6.26 Å². The number of methoxy groups -OCH3 is 2. The Morgan fingerprint density at radius 2 is 1.87 bits per heavy atom. The maximum Gasteiger partial charge on any atom is 0.338 e. The highest BCUT2D eigenvalue weighted by molar-refractivity contribution is 8.00. The number of Topliss-reactive ketones (excluding diaryl/α,β-unsaturated/α-hetero) is 1. The van der Waals surface area contributed by atoms with E-state index < -0.39 is 12.6 Å². The normalized spacial score (nSPS) is 10.5. The van der Waals surface area contributed by atoms with Crippen molar-refractivity contribution in [2.45, 2.75) is 4.34 Å². The summed E-state index contributed by atoms with van der Waals surface area (Å²) < 4.78 is 18.6. The summed E-state index contributed by atoms with van der Waals surface area (Å²) in [7, 11) is 2.98. The zero-order valence-corrected chi connectivity index (χ0v) is 18.9. The monoisotopic (exact) mass is 462 g/mol. The fourth-order valence-electron chi connectivity index (χ4n) is 2.57. The Morgan fingerprint density at radius 1 is 1.13 bits per heavy atom. The number of rotatable bonds is 8. The molecule has 0 N–H and O–H groups in total. The van der Waals surface area contributed by atoms with Crippen molar-refractivity contribution in [2.24, 2.45) is 0 Å². The van der Waals surface area contributed by atoms with Crippen LogP contribution in [0.3, 0.4) is 0 Å². The van der Waals surface area contributed by atoms with E-state index in [2.05, 4.69) is 5.10 Å². The van der Waals surface area contributed by atoms with Gasteiger partial charge in [0, 0.05) is 6.07 Å². The first kappa shape index (κ1) is 22.0. The highest BCUT2D eigenvalue weighted by Crippen LogP contribution is 2.25. The minimum Gasteiger partial charge on any atom is -0.497 e. The lowest BCUT2D eigenvalue weighted by Crippen LogP contribution is -2.15. The molecule has 1 heterocycles. The van der Waals surface area contributed by atoms with Crippen LogP contribution >= 0.6 is 35.3 Å². The molecule has 2 aromatic carbocycles. The Kier molecular flexibility index (Phi) is 7.24. The highest BCUT2D eigenvalue weighted by Gasteiger charge is 2.16. The molecule has 0 bridgehead atoms. The third-order valence-corrected chi connectivity index (χ3v) is 6.30. The molecule has 0 saturated heterocycles. The fourth-order valence-corrected chi connectivity index (χ4v) is 4.35. The van der Waals surface area contributed by atoms with E-state index in [1.165, 1.54) is 37.3 Å². The van der Waals surface area contributed by atoms with Crippen LogP contribution < -0.4 is 9.47 Å². The molecule has 0 saturated carbocycles. The summed E-state index contributed by atoms with van der Waals surface area (Å²) in [6, 6.07) is 11.5. The van der Waals surface area contributed by atoms with Crippen molar-refractivity contribution in [3.8, 4) is 17.2 Å². The molecule has 0 aliphatic carbocycles. The van der Waals surface area contributed by atoms with Gasteiger partial charge in [-0.1, -0.05) is 23.1 Å². The maximum absolute atomic E-state index is 12.4. The van der Waals surface area contributed by atoms with E-state index in [1.54, 1.807) is 47.1 Å². The average molecular weight is 463 g/mol. The summed E-state index contributed by atoms with van der Waals surface area (Å²) in [5.41, 5.74) is 1.37. The van der Waals surface area contributed by atoms with Crippen LogP contribution in [0.5, 0.6) is 11.5 Å². The van der Waals surface area contributed by atoms with Crippen molar-refractivity contribution < 1.29 is 23.8 Å². The number of thioether (sulfide) groups is 1. The van der Waals surface area contributed by atoms with Gasteiger partial charge in [0.05, 0.1) is 31.0 Å². The van der Waals surface area contributed by atoms with Gasteiger partial charge in [-0.05, 0) is 54.9 Å². The first-order valence-corrected chi connectivity index (χ1v) is 11.1. The Hall–Kier alpha value is -2.69. The van der Waals surface area contributed by atoms with E-state index in [0.717, 1.165) is 10.0 Å². The molecule has 0 aliphatic heterocycles. The van der Waals surface area contributed by atoms with E-state index in [-0.39, 0.29) is 5.78 Å². The minimum atomic E-state index is -0.603. The predicted molar refractivity (Wildman–Crippen MR) is 118 cm³/mol. The van der Waals surface area contributed by atoms with Crippen LogP contribution in [0.2, 0.25) is 0 Å². The second-order valence-electron chi connectivity index (χ2n) is 5.86. The van der Waals surface area contributed by atoms with Gasteiger partial charge in [-0.25, -0.2) is 9.48 Å². The SMILES string of the molecule is COc1ccc(C(=O)COC(=O)c2ccc(-n3nc(SC)sc3=S)cc2)c(OC)c1.